The Morgan fingerprint density at radius 1 is 1.50 bits per heavy atom. The molecule has 18 heavy (non-hydrogen) atoms. The minimum absolute atomic E-state index is 0.0224. The lowest BCUT2D eigenvalue weighted by molar-refractivity contribution is -0.384. The Hall–Kier alpha value is -1.82. The summed E-state index contributed by atoms with van der Waals surface area (Å²) in [6, 6.07) is 4.79. The van der Waals surface area contributed by atoms with Gasteiger partial charge in [0.05, 0.1) is 18.1 Å². The van der Waals surface area contributed by atoms with Crippen molar-refractivity contribution in [3.63, 3.8) is 0 Å². The highest BCUT2D eigenvalue weighted by Gasteiger charge is 2.19. The van der Waals surface area contributed by atoms with Crippen LogP contribution >= 0.6 is 0 Å². The van der Waals surface area contributed by atoms with E-state index in [2.05, 4.69) is 0 Å². The molecule has 1 aromatic rings. The molecule has 1 aromatic carbocycles. The van der Waals surface area contributed by atoms with E-state index < -0.39 is 4.92 Å². The molecule has 0 saturated heterocycles. The van der Waals surface area contributed by atoms with Crippen molar-refractivity contribution in [1.29, 1.82) is 0 Å². The van der Waals surface area contributed by atoms with Gasteiger partial charge in [-0.25, -0.2) is 0 Å². The first kappa shape index (κ1) is 14.2. The summed E-state index contributed by atoms with van der Waals surface area (Å²) in [6.45, 7) is 3.22. The molecule has 100 valence electrons. The molecule has 0 unspecified atom stereocenters. The lowest BCUT2D eigenvalue weighted by atomic mass is 10.2. The van der Waals surface area contributed by atoms with Crippen molar-refractivity contribution in [2.24, 2.45) is 0 Å². The van der Waals surface area contributed by atoms with Crippen LogP contribution in [-0.4, -0.2) is 36.8 Å². The predicted molar refractivity (Wildman–Crippen MR) is 69.2 cm³/mol. The Bertz CT molecular complexity index is 409. The van der Waals surface area contributed by atoms with Crippen molar-refractivity contribution >= 4 is 11.4 Å². The summed E-state index contributed by atoms with van der Waals surface area (Å²) in [5.41, 5.74) is 0.575. The van der Waals surface area contributed by atoms with Crippen LogP contribution < -0.4 is 9.64 Å². The van der Waals surface area contributed by atoms with Gasteiger partial charge >= 0.3 is 0 Å². The largest absolute Gasteiger partial charge is 0.496 e. The topological polar surface area (TPSA) is 75.8 Å². The standard InChI is InChI=1S/C12H18N2O4/c1-3-13(7-4-8-15)11-6-5-10(18-2)9-12(11)14(16)17/h5-6,9,15H,3-4,7-8H2,1-2H3. The van der Waals surface area contributed by atoms with Crippen molar-refractivity contribution in [1.82, 2.24) is 0 Å². The van der Waals surface area contributed by atoms with Gasteiger partial charge in [-0.05, 0) is 25.5 Å². The smallest absolute Gasteiger partial charge is 0.296 e. The van der Waals surface area contributed by atoms with E-state index in [-0.39, 0.29) is 12.3 Å². The molecule has 6 nitrogen and oxygen atoms in total. The number of nitrogens with zero attached hydrogens (tertiary/aromatic N) is 2. The Balaban J connectivity index is 3.08. The summed E-state index contributed by atoms with van der Waals surface area (Å²) in [5, 5.41) is 19.9. The molecular formula is C12H18N2O4. The van der Waals surface area contributed by atoms with Gasteiger partial charge in [-0.3, -0.25) is 10.1 Å². The van der Waals surface area contributed by atoms with Crippen LogP contribution in [0, 0.1) is 10.1 Å². The second-order valence-corrected chi connectivity index (χ2v) is 3.77. The third-order valence-electron chi connectivity index (χ3n) is 2.69. The Kier molecular flexibility index (Phi) is 5.38. The number of nitro groups is 1. The third-order valence-corrected chi connectivity index (χ3v) is 2.69. The highest BCUT2D eigenvalue weighted by atomic mass is 16.6. The fraction of sp³-hybridized carbons (Fsp3) is 0.500. The van der Waals surface area contributed by atoms with Gasteiger partial charge in [0.15, 0.2) is 0 Å². The quantitative estimate of drug-likeness (QED) is 0.593. The maximum absolute atomic E-state index is 11.1. The van der Waals surface area contributed by atoms with Crippen LogP contribution in [0.5, 0.6) is 5.75 Å². The Morgan fingerprint density at radius 2 is 2.22 bits per heavy atom. The van der Waals surface area contributed by atoms with Crippen LogP contribution in [0.15, 0.2) is 18.2 Å². The molecule has 0 heterocycles. The number of hydrogen-bond acceptors (Lipinski definition) is 5. The third kappa shape index (κ3) is 3.33. The molecule has 0 aromatic heterocycles. The van der Waals surface area contributed by atoms with Gasteiger partial charge in [-0.2, -0.15) is 0 Å². The van der Waals surface area contributed by atoms with Crippen LogP contribution in [0.4, 0.5) is 11.4 Å². The summed E-state index contributed by atoms with van der Waals surface area (Å²) in [4.78, 5) is 12.5. The van der Waals surface area contributed by atoms with Gasteiger partial charge in [0, 0.05) is 19.7 Å². The summed E-state index contributed by atoms with van der Waals surface area (Å²) in [5.74, 6) is 0.462. The number of aliphatic hydroxyl groups is 1. The number of anilines is 1. The van der Waals surface area contributed by atoms with Crippen LogP contribution in [0.3, 0.4) is 0 Å². The highest BCUT2D eigenvalue weighted by Crippen LogP contribution is 2.31. The number of nitro benzene ring substituents is 1. The molecule has 0 fully saturated rings. The van der Waals surface area contributed by atoms with E-state index in [0.717, 1.165) is 0 Å². The molecule has 0 aliphatic carbocycles. The van der Waals surface area contributed by atoms with Crippen LogP contribution in [-0.2, 0) is 0 Å². The zero-order valence-corrected chi connectivity index (χ0v) is 10.6. The van der Waals surface area contributed by atoms with Gasteiger partial charge < -0.3 is 14.7 Å². The molecule has 1 rings (SSSR count). The number of rotatable bonds is 7. The zero-order valence-electron chi connectivity index (χ0n) is 10.6. The molecule has 0 aliphatic rings. The molecule has 0 bridgehead atoms. The van der Waals surface area contributed by atoms with E-state index in [9.17, 15) is 10.1 Å². The average Bonchev–Trinajstić information content (AvgIpc) is 2.39. The molecule has 6 heteroatoms. The SMILES string of the molecule is CCN(CCCO)c1ccc(OC)cc1[N+](=O)[O-]. The first-order chi connectivity index (χ1) is 8.63. The minimum atomic E-state index is -0.417. The van der Waals surface area contributed by atoms with Crippen molar-refractivity contribution < 1.29 is 14.8 Å². The molecule has 1 N–H and O–H groups in total. The van der Waals surface area contributed by atoms with Crippen LogP contribution in [0.25, 0.3) is 0 Å². The van der Waals surface area contributed by atoms with Gasteiger partial charge in [-0.1, -0.05) is 0 Å². The number of aliphatic hydroxyl groups excluding tert-OH is 1. The summed E-state index contributed by atoms with van der Waals surface area (Å²) in [7, 11) is 1.47. The maximum atomic E-state index is 11.1. The van der Waals surface area contributed by atoms with Crippen molar-refractivity contribution in [3.05, 3.63) is 28.3 Å². The van der Waals surface area contributed by atoms with E-state index >= 15 is 0 Å². The highest BCUT2D eigenvalue weighted by molar-refractivity contribution is 5.65. The lowest BCUT2D eigenvalue weighted by Gasteiger charge is -2.22. The van der Waals surface area contributed by atoms with E-state index in [1.165, 1.54) is 13.2 Å². The number of hydrogen-bond donors (Lipinski definition) is 1. The first-order valence-electron chi connectivity index (χ1n) is 5.82. The Morgan fingerprint density at radius 3 is 2.72 bits per heavy atom. The van der Waals surface area contributed by atoms with Crippen LogP contribution in [0.2, 0.25) is 0 Å². The van der Waals surface area contributed by atoms with Gasteiger partial charge in [0.2, 0.25) is 0 Å². The van der Waals surface area contributed by atoms with E-state index in [0.29, 0.717) is 30.9 Å². The van der Waals surface area contributed by atoms with Gasteiger partial charge in [0.1, 0.15) is 11.4 Å². The lowest BCUT2D eigenvalue weighted by Crippen LogP contribution is -2.25. The van der Waals surface area contributed by atoms with Crippen molar-refractivity contribution in [2.75, 3.05) is 31.7 Å². The van der Waals surface area contributed by atoms with Crippen molar-refractivity contribution in [2.45, 2.75) is 13.3 Å². The van der Waals surface area contributed by atoms with E-state index in [1.807, 2.05) is 11.8 Å². The van der Waals surface area contributed by atoms with Crippen molar-refractivity contribution in [3.8, 4) is 5.75 Å². The summed E-state index contributed by atoms with van der Waals surface area (Å²) in [6.07, 6.45) is 0.580. The molecule has 0 spiro atoms. The first-order valence-corrected chi connectivity index (χ1v) is 5.82. The average molecular weight is 254 g/mol. The molecule has 0 atom stereocenters. The molecular weight excluding hydrogens is 236 g/mol. The number of ether oxygens (including phenoxy) is 1. The van der Waals surface area contributed by atoms with Crippen LogP contribution in [0.1, 0.15) is 13.3 Å². The zero-order chi connectivity index (χ0) is 13.5. The van der Waals surface area contributed by atoms with Gasteiger partial charge in [-0.15, -0.1) is 0 Å². The predicted octanol–water partition coefficient (Wildman–Crippen LogP) is 1.81. The van der Waals surface area contributed by atoms with E-state index in [1.54, 1.807) is 12.1 Å². The Labute approximate surface area is 106 Å². The number of benzene rings is 1. The molecule has 0 aliphatic heterocycles. The normalized spacial score (nSPS) is 10.2. The minimum Gasteiger partial charge on any atom is -0.496 e. The van der Waals surface area contributed by atoms with Gasteiger partial charge in [0.25, 0.3) is 5.69 Å². The maximum Gasteiger partial charge on any atom is 0.296 e. The number of methoxy groups -OCH3 is 1. The second-order valence-electron chi connectivity index (χ2n) is 3.77. The molecule has 0 radical (unpaired) electrons. The summed E-state index contributed by atoms with van der Waals surface area (Å²) >= 11 is 0. The summed E-state index contributed by atoms with van der Waals surface area (Å²) < 4.78 is 4.99. The monoisotopic (exact) mass is 254 g/mol. The molecule has 0 amide bonds. The fourth-order valence-electron chi connectivity index (χ4n) is 1.75. The second kappa shape index (κ2) is 6.80. The fourth-order valence-corrected chi connectivity index (χ4v) is 1.75. The molecule has 0 saturated carbocycles. The van der Waals surface area contributed by atoms with E-state index in [4.69, 9.17) is 9.84 Å².